The second kappa shape index (κ2) is 3.00. The first-order chi connectivity index (χ1) is 4.70. The molecule has 1 unspecified atom stereocenters. The number of carbonyl (C=O) groups excluding carboxylic acids is 1. The lowest BCUT2D eigenvalue weighted by Gasteiger charge is -2.01. The Bertz CT molecular complexity index is 168. The predicted molar refractivity (Wildman–Crippen MR) is 41.8 cm³/mol. The van der Waals surface area contributed by atoms with Gasteiger partial charge in [-0.15, -0.1) is 0 Å². The standard InChI is InChI=1S/C9H14O/c1-7-4-3-5-8(2)9(10)6-7/h6,8H,3-5H2,1-2H3. The molecule has 0 radical (unpaired) electrons. The minimum absolute atomic E-state index is 0.262. The largest absolute Gasteiger partial charge is 0.295 e. The maximum absolute atomic E-state index is 11.1. The zero-order valence-corrected chi connectivity index (χ0v) is 6.68. The van der Waals surface area contributed by atoms with E-state index in [0.29, 0.717) is 5.78 Å². The van der Waals surface area contributed by atoms with Gasteiger partial charge in [-0.05, 0) is 32.3 Å². The molecule has 0 aromatic carbocycles. The van der Waals surface area contributed by atoms with Crippen LogP contribution in [-0.4, -0.2) is 5.78 Å². The molecule has 0 aromatic heterocycles. The molecule has 0 aromatic rings. The van der Waals surface area contributed by atoms with Crippen molar-refractivity contribution < 1.29 is 4.79 Å². The van der Waals surface area contributed by atoms with Gasteiger partial charge >= 0.3 is 0 Å². The average molecular weight is 138 g/mol. The van der Waals surface area contributed by atoms with E-state index in [4.69, 9.17) is 0 Å². The highest BCUT2D eigenvalue weighted by molar-refractivity contribution is 5.92. The normalized spacial score (nSPS) is 27.6. The number of rotatable bonds is 0. The molecule has 0 N–H and O–H groups in total. The molecule has 0 amide bonds. The first kappa shape index (κ1) is 7.52. The summed E-state index contributed by atoms with van der Waals surface area (Å²) in [4.78, 5) is 11.1. The summed E-state index contributed by atoms with van der Waals surface area (Å²) in [6.07, 6.45) is 5.15. The maximum Gasteiger partial charge on any atom is 0.158 e. The highest BCUT2D eigenvalue weighted by Gasteiger charge is 2.13. The van der Waals surface area contributed by atoms with Crippen LogP contribution in [0.25, 0.3) is 0 Å². The van der Waals surface area contributed by atoms with Gasteiger partial charge in [-0.25, -0.2) is 0 Å². The summed E-state index contributed by atoms with van der Waals surface area (Å²) in [6, 6.07) is 0. The molecule has 1 atom stereocenters. The highest BCUT2D eigenvalue weighted by Crippen LogP contribution is 2.18. The fourth-order valence-electron chi connectivity index (χ4n) is 1.29. The third-order valence-electron chi connectivity index (χ3n) is 2.08. The van der Waals surface area contributed by atoms with Crippen LogP contribution in [0.4, 0.5) is 0 Å². The van der Waals surface area contributed by atoms with Gasteiger partial charge in [0.1, 0.15) is 0 Å². The van der Waals surface area contributed by atoms with Gasteiger partial charge in [0, 0.05) is 5.92 Å². The van der Waals surface area contributed by atoms with E-state index in [-0.39, 0.29) is 5.92 Å². The van der Waals surface area contributed by atoms with Crippen LogP contribution in [0.1, 0.15) is 33.1 Å². The number of carbonyl (C=O) groups is 1. The lowest BCUT2D eigenvalue weighted by Crippen LogP contribution is -2.05. The zero-order chi connectivity index (χ0) is 7.56. The van der Waals surface area contributed by atoms with Crippen molar-refractivity contribution in [3.63, 3.8) is 0 Å². The Balaban J connectivity index is 2.68. The van der Waals surface area contributed by atoms with Crippen LogP contribution >= 0.6 is 0 Å². The summed E-state index contributed by atoms with van der Waals surface area (Å²) in [7, 11) is 0. The Kier molecular flexibility index (Phi) is 2.25. The van der Waals surface area contributed by atoms with Crippen LogP contribution in [0.15, 0.2) is 11.6 Å². The monoisotopic (exact) mass is 138 g/mol. The summed E-state index contributed by atoms with van der Waals surface area (Å²) in [5.41, 5.74) is 1.24. The molecular formula is C9H14O. The van der Waals surface area contributed by atoms with Crippen molar-refractivity contribution in [1.82, 2.24) is 0 Å². The van der Waals surface area contributed by atoms with Crippen LogP contribution in [-0.2, 0) is 4.79 Å². The van der Waals surface area contributed by atoms with Gasteiger partial charge in [-0.2, -0.15) is 0 Å². The van der Waals surface area contributed by atoms with Crippen LogP contribution in [0.3, 0.4) is 0 Å². The highest BCUT2D eigenvalue weighted by atomic mass is 16.1. The van der Waals surface area contributed by atoms with Crippen molar-refractivity contribution >= 4 is 5.78 Å². The van der Waals surface area contributed by atoms with Crippen LogP contribution in [0.5, 0.6) is 0 Å². The van der Waals surface area contributed by atoms with E-state index in [1.165, 1.54) is 12.0 Å². The summed E-state index contributed by atoms with van der Waals surface area (Å²) in [5, 5.41) is 0. The third-order valence-corrected chi connectivity index (χ3v) is 2.08. The number of allylic oxidation sites excluding steroid dienone is 2. The van der Waals surface area contributed by atoms with Gasteiger partial charge < -0.3 is 0 Å². The Morgan fingerprint density at radius 1 is 1.60 bits per heavy atom. The predicted octanol–water partition coefficient (Wildman–Crippen LogP) is 2.32. The molecule has 1 aliphatic carbocycles. The first-order valence-corrected chi connectivity index (χ1v) is 3.91. The molecule has 1 nitrogen and oxygen atoms in total. The topological polar surface area (TPSA) is 17.1 Å². The van der Waals surface area contributed by atoms with E-state index in [9.17, 15) is 4.79 Å². The van der Waals surface area contributed by atoms with E-state index < -0.39 is 0 Å². The van der Waals surface area contributed by atoms with Gasteiger partial charge in [-0.1, -0.05) is 12.5 Å². The van der Waals surface area contributed by atoms with E-state index >= 15 is 0 Å². The Labute approximate surface area is 62.1 Å². The van der Waals surface area contributed by atoms with Crippen LogP contribution < -0.4 is 0 Å². The Morgan fingerprint density at radius 2 is 2.30 bits per heavy atom. The minimum Gasteiger partial charge on any atom is -0.295 e. The van der Waals surface area contributed by atoms with Crippen LogP contribution in [0, 0.1) is 5.92 Å². The molecule has 10 heavy (non-hydrogen) atoms. The first-order valence-electron chi connectivity index (χ1n) is 3.91. The molecule has 0 bridgehead atoms. The maximum atomic E-state index is 11.1. The lowest BCUT2D eigenvalue weighted by atomic mass is 10.0. The molecule has 56 valence electrons. The van der Waals surface area contributed by atoms with E-state index in [1.807, 2.05) is 13.8 Å². The summed E-state index contributed by atoms with van der Waals surface area (Å²) in [6.45, 7) is 4.05. The van der Waals surface area contributed by atoms with Crippen molar-refractivity contribution in [3.8, 4) is 0 Å². The second-order valence-corrected chi connectivity index (χ2v) is 3.19. The molecule has 0 spiro atoms. The average Bonchev–Trinajstić information content (AvgIpc) is 1.96. The third kappa shape index (κ3) is 1.69. The zero-order valence-electron chi connectivity index (χ0n) is 6.68. The van der Waals surface area contributed by atoms with E-state index in [0.717, 1.165) is 12.8 Å². The molecule has 0 heterocycles. The molecule has 0 saturated heterocycles. The molecular weight excluding hydrogens is 124 g/mol. The van der Waals surface area contributed by atoms with Crippen molar-refractivity contribution in [1.29, 1.82) is 0 Å². The molecule has 0 fully saturated rings. The van der Waals surface area contributed by atoms with E-state index in [1.54, 1.807) is 6.08 Å². The van der Waals surface area contributed by atoms with E-state index in [2.05, 4.69) is 0 Å². The quantitative estimate of drug-likeness (QED) is 0.502. The Morgan fingerprint density at radius 3 is 3.00 bits per heavy atom. The Hall–Kier alpha value is -0.590. The molecule has 1 heteroatoms. The smallest absolute Gasteiger partial charge is 0.158 e. The molecule has 1 rings (SSSR count). The van der Waals surface area contributed by atoms with Crippen LogP contribution in [0.2, 0.25) is 0 Å². The lowest BCUT2D eigenvalue weighted by molar-refractivity contribution is -0.117. The number of ketones is 1. The van der Waals surface area contributed by atoms with Crippen molar-refractivity contribution in [2.75, 3.05) is 0 Å². The molecule has 1 aliphatic rings. The van der Waals surface area contributed by atoms with Gasteiger partial charge in [0.25, 0.3) is 0 Å². The fraction of sp³-hybridized carbons (Fsp3) is 0.667. The molecule has 0 saturated carbocycles. The summed E-state index contributed by atoms with van der Waals surface area (Å²) in [5.74, 6) is 0.576. The molecule has 0 aliphatic heterocycles. The van der Waals surface area contributed by atoms with Crippen molar-refractivity contribution in [3.05, 3.63) is 11.6 Å². The minimum atomic E-state index is 0.262. The van der Waals surface area contributed by atoms with Gasteiger partial charge in [0.2, 0.25) is 0 Å². The van der Waals surface area contributed by atoms with Gasteiger partial charge in [0.05, 0.1) is 0 Å². The fourth-order valence-corrected chi connectivity index (χ4v) is 1.29. The second-order valence-electron chi connectivity index (χ2n) is 3.19. The SMILES string of the molecule is CC1=CC(=O)C(C)CCC1. The summed E-state index contributed by atoms with van der Waals surface area (Å²) < 4.78 is 0. The number of hydrogen-bond donors (Lipinski definition) is 0. The van der Waals surface area contributed by atoms with Gasteiger partial charge in [0.15, 0.2) is 5.78 Å². The van der Waals surface area contributed by atoms with Gasteiger partial charge in [-0.3, -0.25) is 4.79 Å². The van der Waals surface area contributed by atoms with Crippen molar-refractivity contribution in [2.45, 2.75) is 33.1 Å². The summed E-state index contributed by atoms with van der Waals surface area (Å²) >= 11 is 0. The van der Waals surface area contributed by atoms with Crippen molar-refractivity contribution in [2.24, 2.45) is 5.92 Å². The number of hydrogen-bond acceptors (Lipinski definition) is 1.